The van der Waals surface area contributed by atoms with Crippen LogP contribution >= 0.6 is 0 Å². The van der Waals surface area contributed by atoms with Gasteiger partial charge in [-0.2, -0.15) is 5.10 Å². The zero-order chi connectivity index (χ0) is 11.4. The molecule has 1 aromatic rings. The second kappa shape index (κ2) is 5.43. The zero-order valence-corrected chi connectivity index (χ0v) is 10.3. The maximum Gasteiger partial charge on any atom is 0.138 e. The molecule has 4 nitrogen and oxygen atoms in total. The van der Waals surface area contributed by atoms with E-state index in [1.807, 2.05) is 0 Å². The number of piperidine rings is 1. The molecule has 16 heavy (non-hydrogen) atoms. The number of rotatable bonds is 4. The van der Waals surface area contributed by atoms with E-state index in [4.69, 9.17) is 0 Å². The van der Waals surface area contributed by atoms with Gasteiger partial charge < -0.3 is 5.32 Å². The molecule has 1 aliphatic rings. The van der Waals surface area contributed by atoms with Crippen LogP contribution in [-0.2, 0) is 13.0 Å². The zero-order valence-electron chi connectivity index (χ0n) is 10.3. The van der Waals surface area contributed by atoms with Crippen LogP contribution < -0.4 is 5.32 Å². The summed E-state index contributed by atoms with van der Waals surface area (Å²) < 4.78 is 2.07. The van der Waals surface area contributed by atoms with E-state index in [9.17, 15) is 0 Å². The highest BCUT2D eigenvalue weighted by atomic mass is 15.3. The van der Waals surface area contributed by atoms with Gasteiger partial charge in [-0.25, -0.2) is 9.67 Å². The highest BCUT2D eigenvalue weighted by Gasteiger charge is 2.16. The van der Waals surface area contributed by atoms with Crippen LogP contribution in [0.25, 0.3) is 0 Å². The molecule has 2 rings (SSSR count). The van der Waals surface area contributed by atoms with E-state index in [0.717, 1.165) is 31.3 Å². The van der Waals surface area contributed by atoms with E-state index in [1.54, 1.807) is 6.33 Å². The fraction of sp³-hybridized carbons (Fsp3) is 0.833. The topological polar surface area (TPSA) is 42.7 Å². The van der Waals surface area contributed by atoms with Crippen molar-refractivity contribution in [2.75, 3.05) is 13.1 Å². The number of hydrogen-bond donors (Lipinski definition) is 1. The Morgan fingerprint density at radius 2 is 2.44 bits per heavy atom. The first-order valence-electron chi connectivity index (χ1n) is 6.33. The third-order valence-electron chi connectivity index (χ3n) is 3.10. The Balaban J connectivity index is 1.94. The van der Waals surface area contributed by atoms with Crippen LogP contribution in [0.3, 0.4) is 0 Å². The molecule has 1 fully saturated rings. The summed E-state index contributed by atoms with van der Waals surface area (Å²) in [7, 11) is 0. The summed E-state index contributed by atoms with van der Waals surface area (Å²) in [6.07, 6.45) is 5.37. The minimum absolute atomic E-state index is 0.630. The molecule has 1 unspecified atom stereocenters. The Hall–Kier alpha value is -0.900. The molecule has 0 saturated carbocycles. The van der Waals surface area contributed by atoms with Crippen LogP contribution in [0.2, 0.25) is 0 Å². The van der Waals surface area contributed by atoms with Gasteiger partial charge in [-0.3, -0.25) is 0 Å². The molecule has 1 atom stereocenters. The highest BCUT2D eigenvalue weighted by molar-refractivity contribution is 4.89. The SMILES string of the molecule is CC(C)Cn1ncnc1CC1CCCNC1. The quantitative estimate of drug-likeness (QED) is 0.839. The van der Waals surface area contributed by atoms with Gasteiger partial charge >= 0.3 is 0 Å². The van der Waals surface area contributed by atoms with Crippen LogP contribution in [-0.4, -0.2) is 27.9 Å². The monoisotopic (exact) mass is 222 g/mol. The number of aromatic nitrogens is 3. The summed E-state index contributed by atoms with van der Waals surface area (Å²) in [6.45, 7) is 7.72. The van der Waals surface area contributed by atoms with Crippen molar-refractivity contribution in [3.05, 3.63) is 12.2 Å². The second-order valence-electron chi connectivity index (χ2n) is 5.17. The van der Waals surface area contributed by atoms with Gasteiger partial charge in [0.15, 0.2) is 0 Å². The van der Waals surface area contributed by atoms with Gasteiger partial charge in [-0.05, 0) is 37.8 Å². The summed E-state index contributed by atoms with van der Waals surface area (Å²) in [5.41, 5.74) is 0. The van der Waals surface area contributed by atoms with Gasteiger partial charge in [0.2, 0.25) is 0 Å². The summed E-state index contributed by atoms with van der Waals surface area (Å²) in [4.78, 5) is 4.39. The van der Waals surface area contributed by atoms with Crippen molar-refractivity contribution in [1.29, 1.82) is 0 Å². The minimum atomic E-state index is 0.630. The molecule has 1 saturated heterocycles. The summed E-state index contributed by atoms with van der Waals surface area (Å²) in [6, 6.07) is 0. The maximum atomic E-state index is 4.39. The molecule has 1 N–H and O–H groups in total. The Labute approximate surface area is 97.5 Å². The second-order valence-corrected chi connectivity index (χ2v) is 5.17. The predicted molar refractivity (Wildman–Crippen MR) is 64.2 cm³/mol. The van der Waals surface area contributed by atoms with Crippen LogP contribution in [0.1, 0.15) is 32.5 Å². The van der Waals surface area contributed by atoms with Crippen LogP contribution in [0.15, 0.2) is 6.33 Å². The van der Waals surface area contributed by atoms with E-state index in [-0.39, 0.29) is 0 Å². The predicted octanol–water partition coefficient (Wildman–Crippen LogP) is 1.48. The lowest BCUT2D eigenvalue weighted by atomic mass is 9.96. The molecule has 0 aromatic carbocycles. The molecule has 0 radical (unpaired) electrons. The summed E-state index contributed by atoms with van der Waals surface area (Å²) in [5, 5.41) is 7.76. The molecule has 1 aromatic heterocycles. The highest BCUT2D eigenvalue weighted by Crippen LogP contribution is 2.15. The van der Waals surface area contributed by atoms with Gasteiger partial charge in [0, 0.05) is 13.0 Å². The Kier molecular flexibility index (Phi) is 3.93. The van der Waals surface area contributed by atoms with E-state index in [2.05, 4.69) is 33.9 Å². The van der Waals surface area contributed by atoms with Gasteiger partial charge in [-0.15, -0.1) is 0 Å². The van der Waals surface area contributed by atoms with Gasteiger partial charge in [0.1, 0.15) is 12.2 Å². The molecular formula is C12H22N4. The first-order valence-corrected chi connectivity index (χ1v) is 6.33. The molecule has 0 amide bonds. The maximum absolute atomic E-state index is 4.39. The van der Waals surface area contributed by atoms with Crippen LogP contribution in [0, 0.1) is 11.8 Å². The average Bonchev–Trinajstić information content (AvgIpc) is 2.66. The lowest BCUT2D eigenvalue weighted by Gasteiger charge is -2.22. The third-order valence-corrected chi connectivity index (χ3v) is 3.10. The van der Waals surface area contributed by atoms with Crippen LogP contribution in [0.4, 0.5) is 0 Å². The standard InChI is InChI=1S/C12H22N4/c1-10(2)8-16-12(14-9-15-16)6-11-4-3-5-13-7-11/h9-11,13H,3-8H2,1-2H3. The Bertz CT molecular complexity index is 313. The van der Waals surface area contributed by atoms with Crippen LogP contribution in [0.5, 0.6) is 0 Å². The molecule has 0 aliphatic carbocycles. The molecule has 2 heterocycles. The first kappa shape index (κ1) is 11.6. The van der Waals surface area contributed by atoms with Crippen molar-refractivity contribution in [2.45, 2.75) is 39.7 Å². The molecule has 1 aliphatic heterocycles. The van der Waals surface area contributed by atoms with Crippen molar-refractivity contribution in [3.63, 3.8) is 0 Å². The molecule has 4 heteroatoms. The van der Waals surface area contributed by atoms with Gasteiger partial charge in [0.25, 0.3) is 0 Å². The molecule has 90 valence electrons. The Morgan fingerprint density at radius 1 is 1.56 bits per heavy atom. The van der Waals surface area contributed by atoms with E-state index in [1.165, 1.54) is 19.4 Å². The lowest BCUT2D eigenvalue weighted by molar-refractivity contribution is 0.358. The van der Waals surface area contributed by atoms with E-state index >= 15 is 0 Å². The lowest BCUT2D eigenvalue weighted by Crippen LogP contribution is -2.31. The first-order chi connectivity index (χ1) is 7.75. The molecule has 0 bridgehead atoms. The average molecular weight is 222 g/mol. The minimum Gasteiger partial charge on any atom is -0.316 e. The van der Waals surface area contributed by atoms with Crippen molar-refractivity contribution >= 4 is 0 Å². The fourth-order valence-electron chi connectivity index (χ4n) is 2.30. The number of nitrogens with one attached hydrogen (secondary N) is 1. The smallest absolute Gasteiger partial charge is 0.138 e. The molecule has 0 spiro atoms. The molecular weight excluding hydrogens is 200 g/mol. The largest absolute Gasteiger partial charge is 0.316 e. The van der Waals surface area contributed by atoms with Crippen molar-refractivity contribution in [1.82, 2.24) is 20.1 Å². The Morgan fingerprint density at radius 3 is 3.12 bits per heavy atom. The van der Waals surface area contributed by atoms with Crippen molar-refractivity contribution < 1.29 is 0 Å². The van der Waals surface area contributed by atoms with Crippen molar-refractivity contribution in [3.8, 4) is 0 Å². The van der Waals surface area contributed by atoms with E-state index in [0.29, 0.717) is 5.92 Å². The fourth-order valence-corrected chi connectivity index (χ4v) is 2.30. The number of nitrogens with zero attached hydrogens (tertiary/aromatic N) is 3. The number of hydrogen-bond acceptors (Lipinski definition) is 3. The normalized spacial score (nSPS) is 21.6. The van der Waals surface area contributed by atoms with E-state index < -0.39 is 0 Å². The third kappa shape index (κ3) is 3.04. The van der Waals surface area contributed by atoms with Gasteiger partial charge in [0.05, 0.1) is 0 Å². The summed E-state index contributed by atoms with van der Waals surface area (Å²) >= 11 is 0. The van der Waals surface area contributed by atoms with Gasteiger partial charge in [-0.1, -0.05) is 13.8 Å². The van der Waals surface area contributed by atoms with Crippen molar-refractivity contribution in [2.24, 2.45) is 11.8 Å². The summed E-state index contributed by atoms with van der Waals surface area (Å²) in [5.74, 6) is 2.52.